The maximum atomic E-state index is 6.41. The SMILES string of the molecule is NCC(N)(c1ccccc1)c1ccccc1.[Ru].c1ccc(P(c2ccccc2)c2cc3ccccc3c(-c3cccc4ccccc34)c2P(c2ccccc2)c2ccccc2)cc1. The molecule has 0 bridgehead atoms. The molecule has 0 heterocycles. The standard InChI is InChI=1S/C44H32P2.C14H16N2.Ru/c1-5-21-35(22-6-1)45(36-23-7-2-8-24-36)42-32-34-19-14-16-30-40(34)43(41-31-17-20-33-18-13-15-29-39(33)41)44(42)46(37-25-9-3-10-26-37)38-27-11-4-12-28-38;15-11-14(16,12-7-3-1-4-8-12)13-9-5-2-6-10-13;/h1-32H;1-10H,11,15-16H2;. The van der Waals surface area contributed by atoms with Crippen LogP contribution in [0.1, 0.15) is 11.1 Å². The van der Waals surface area contributed by atoms with Crippen LogP contribution in [0, 0.1) is 0 Å². The van der Waals surface area contributed by atoms with Gasteiger partial charge in [0.2, 0.25) is 0 Å². The van der Waals surface area contributed by atoms with Crippen molar-refractivity contribution in [1.29, 1.82) is 0 Å². The van der Waals surface area contributed by atoms with Crippen molar-refractivity contribution < 1.29 is 19.5 Å². The van der Waals surface area contributed by atoms with Gasteiger partial charge in [-0.15, -0.1) is 0 Å². The zero-order valence-corrected chi connectivity index (χ0v) is 38.4. The molecule has 63 heavy (non-hydrogen) atoms. The van der Waals surface area contributed by atoms with E-state index in [0.29, 0.717) is 6.54 Å². The molecule has 0 aliphatic carbocycles. The normalized spacial score (nSPS) is 11.2. The summed E-state index contributed by atoms with van der Waals surface area (Å²) in [6.45, 7) is 0.390. The van der Waals surface area contributed by atoms with Gasteiger partial charge >= 0.3 is 0 Å². The maximum absolute atomic E-state index is 6.41. The molecule has 308 valence electrons. The van der Waals surface area contributed by atoms with E-state index in [2.05, 4.69) is 194 Å². The van der Waals surface area contributed by atoms with Crippen molar-refractivity contribution in [3.8, 4) is 11.1 Å². The van der Waals surface area contributed by atoms with E-state index < -0.39 is 21.4 Å². The Bertz CT molecular complexity index is 2880. The zero-order chi connectivity index (χ0) is 42.1. The number of hydrogen-bond acceptors (Lipinski definition) is 2. The van der Waals surface area contributed by atoms with Crippen LogP contribution in [0.25, 0.3) is 32.7 Å². The van der Waals surface area contributed by atoms with E-state index >= 15 is 0 Å². The summed E-state index contributed by atoms with van der Waals surface area (Å²) in [4.78, 5) is 0. The van der Waals surface area contributed by atoms with Gasteiger partial charge in [0.25, 0.3) is 0 Å². The summed E-state index contributed by atoms with van der Waals surface area (Å²) in [5, 5.41) is 13.4. The summed E-state index contributed by atoms with van der Waals surface area (Å²) in [7, 11) is -1.82. The van der Waals surface area contributed by atoms with E-state index in [1.54, 1.807) is 0 Å². The van der Waals surface area contributed by atoms with Crippen LogP contribution in [0.2, 0.25) is 0 Å². The Balaban J connectivity index is 0.000000271. The van der Waals surface area contributed by atoms with E-state index in [9.17, 15) is 0 Å². The Morgan fingerprint density at radius 3 is 1.19 bits per heavy atom. The molecule has 0 spiro atoms. The van der Waals surface area contributed by atoms with Gasteiger partial charge < -0.3 is 11.5 Å². The number of hydrogen-bond donors (Lipinski definition) is 2. The average Bonchev–Trinajstić information content (AvgIpc) is 3.36. The maximum Gasteiger partial charge on any atom is 0.0789 e. The van der Waals surface area contributed by atoms with Gasteiger partial charge in [-0.25, -0.2) is 0 Å². The minimum absolute atomic E-state index is 0. The fraction of sp³-hybridized carbons (Fsp3) is 0.0345. The summed E-state index contributed by atoms with van der Waals surface area (Å²) >= 11 is 0. The summed E-state index contributed by atoms with van der Waals surface area (Å²) < 4.78 is 0. The number of rotatable bonds is 10. The van der Waals surface area contributed by atoms with Gasteiger partial charge in [0, 0.05) is 31.3 Å². The third-order valence-corrected chi connectivity index (χ3v) is 16.7. The smallest absolute Gasteiger partial charge is 0.0789 e. The van der Waals surface area contributed by atoms with Gasteiger partial charge in [-0.05, 0) is 92.2 Å². The van der Waals surface area contributed by atoms with Gasteiger partial charge in [0.1, 0.15) is 0 Å². The van der Waals surface area contributed by atoms with E-state index in [0.717, 1.165) is 11.1 Å². The molecule has 0 aliphatic rings. The van der Waals surface area contributed by atoms with Crippen molar-refractivity contribution in [3.05, 3.63) is 266 Å². The van der Waals surface area contributed by atoms with Crippen LogP contribution in [0.5, 0.6) is 0 Å². The predicted octanol–water partition coefficient (Wildman–Crippen LogP) is 11.0. The van der Waals surface area contributed by atoms with Crippen molar-refractivity contribution in [2.24, 2.45) is 11.5 Å². The van der Waals surface area contributed by atoms with Crippen molar-refractivity contribution in [1.82, 2.24) is 0 Å². The summed E-state index contributed by atoms with van der Waals surface area (Å²) in [5.74, 6) is 0. The molecule has 0 saturated carbocycles. The molecule has 0 saturated heterocycles. The minimum Gasteiger partial charge on any atom is -0.328 e. The fourth-order valence-corrected chi connectivity index (χ4v) is 14.0. The molecular weight excluding hydrogens is 888 g/mol. The van der Waals surface area contributed by atoms with E-state index in [4.69, 9.17) is 11.5 Å². The molecule has 0 fully saturated rings. The number of benzene rings is 10. The topological polar surface area (TPSA) is 52.0 Å². The Morgan fingerprint density at radius 2 is 0.730 bits per heavy atom. The van der Waals surface area contributed by atoms with E-state index in [1.807, 2.05) is 60.7 Å². The van der Waals surface area contributed by atoms with Crippen LogP contribution in [0.15, 0.2) is 255 Å². The molecule has 0 aromatic heterocycles. The minimum atomic E-state index is -0.937. The Kier molecular flexibility index (Phi) is 14.3. The molecule has 0 atom stereocenters. The van der Waals surface area contributed by atoms with Crippen LogP contribution >= 0.6 is 15.8 Å². The van der Waals surface area contributed by atoms with Gasteiger partial charge in [-0.3, -0.25) is 0 Å². The molecule has 10 aromatic carbocycles. The van der Waals surface area contributed by atoms with Gasteiger partial charge in [-0.1, -0.05) is 249 Å². The molecule has 2 nitrogen and oxygen atoms in total. The largest absolute Gasteiger partial charge is 0.328 e. The van der Waals surface area contributed by atoms with Crippen LogP contribution in [0.4, 0.5) is 0 Å². The second-order valence-electron chi connectivity index (χ2n) is 15.3. The van der Waals surface area contributed by atoms with Crippen LogP contribution in [-0.4, -0.2) is 6.54 Å². The first-order valence-electron chi connectivity index (χ1n) is 21.1. The van der Waals surface area contributed by atoms with Gasteiger partial charge in [0.15, 0.2) is 0 Å². The van der Waals surface area contributed by atoms with Crippen molar-refractivity contribution in [2.75, 3.05) is 6.54 Å². The monoisotopic (exact) mass is 936 g/mol. The Morgan fingerprint density at radius 1 is 0.365 bits per heavy atom. The fourth-order valence-electron chi connectivity index (χ4n) is 8.45. The first-order valence-corrected chi connectivity index (χ1v) is 23.8. The molecule has 5 heteroatoms. The molecule has 10 rings (SSSR count). The second kappa shape index (κ2) is 20.5. The summed E-state index contributed by atoms with van der Waals surface area (Å²) in [5.41, 5.74) is 16.4. The second-order valence-corrected chi connectivity index (χ2v) is 19.6. The molecule has 0 aliphatic heterocycles. The Labute approximate surface area is 386 Å². The third-order valence-electron chi connectivity index (χ3n) is 11.5. The van der Waals surface area contributed by atoms with Crippen molar-refractivity contribution >= 4 is 69.2 Å². The van der Waals surface area contributed by atoms with Gasteiger partial charge in [0.05, 0.1) is 5.54 Å². The molecule has 0 unspecified atom stereocenters. The van der Waals surface area contributed by atoms with E-state index in [1.165, 1.54) is 64.5 Å². The first-order chi connectivity index (χ1) is 30.6. The van der Waals surface area contributed by atoms with Gasteiger partial charge in [-0.2, -0.15) is 0 Å². The first kappa shape index (κ1) is 43.8. The molecular formula is C58H48N2P2Ru. The quantitative estimate of drug-likeness (QED) is 0.106. The molecule has 4 N–H and O–H groups in total. The molecule has 0 amide bonds. The molecule has 10 aromatic rings. The van der Waals surface area contributed by atoms with Crippen LogP contribution in [-0.2, 0) is 25.0 Å². The Hall–Kier alpha value is -5.88. The molecule has 0 radical (unpaired) electrons. The number of fused-ring (bicyclic) bond motifs is 2. The summed E-state index contributed by atoms with van der Waals surface area (Å²) in [6.07, 6.45) is 0. The zero-order valence-electron chi connectivity index (χ0n) is 34.9. The summed E-state index contributed by atoms with van der Waals surface area (Å²) in [6, 6.07) is 91.8. The van der Waals surface area contributed by atoms with Crippen LogP contribution in [0.3, 0.4) is 0 Å². The van der Waals surface area contributed by atoms with Crippen molar-refractivity contribution in [3.63, 3.8) is 0 Å². The average molecular weight is 936 g/mol. The van der Waals surface area contributed by atoms with Crippen LogP contribution < -0.4 is 43.3 Å². The predicted molar refractivity (Wildman–Crippen MR) is 271 cm³/mol. The third kappa shape index (κ3) is 9.28. The van der Waals surface area contributed by atoms with Crippen molar-refractivity contribution in [2.45, 2.75) is 5.54 Å². The van der Waals surface area contributed by atoms with E-state index in [-0.39, 0.29) is 19.5 Å². The number of nitrogens with two attached hydrogens (primary N) is 2.